The summed E-state index contributed by atoms with van der Waals surface area (Å²) in [5.41, 5.74) is -0.361. The molecular formula is C13H16F4N2O. The van der Waals surface area contributed by atoms with Crippen LogP contribution in [0.1, 0.15) is 11.6 Å². The molecule has 1 atom stereocenters. The van der Waals surface area contributed by atoms with E-state index < -0.39 is 18.0 Å². The summed E-state index contributed by atoms with van der Waals surface area (Å²) in [6, 6.07) is 1.56. The van der Waals surface area contributed by atoms with Crippen LogP contribution in [0.15, 0.2) is 18.2 Å². The fourth-order valence-electron chi connectivity index (χ4n) is 2.38. The van der Waals surface area contributed by atoms with Gasteiger partial charge in [-0.25, -0.2) is 4.39 Å². The first kappa shape index (κ1) is 15.1. The number of hydrogen-bond donors (Lipinski definition) is 1. The van der Waals surface area contributed by atoms with Gasteiger partial charge in [0.2, 0.25) is 0 Å². The Morgan fingerprint density at radius 3 is 2.40 bits per heavy atom. The first-order valence-electron chi connectivity index (χ1n) is 6.28. The zero-order valence-corrected chi connectivity index (χ0v) is 11.0. The Hall–Kier alpha value is -1.34. The molecule has 1 aliphatic rings. The summed E-state index contributed by atoms with van der Waals surface area (Å²) in [7, 11) is 1.34. The highest BCUT2D eigenvalue weighted by Gasteiger charge is 2.46. The Morgan fingerprint density at radius 1 is 1.25 bits per heavy atom. The lowest BCUT2D eigenvalue weighted by Crippen LogP contribution is -2.49. The van der Waals surface area contributed by atoms with Crippen molar-refractivity contribution in [2.75, 3.05) is 33.3 Å². The fraction of sp³-hybridized carbons (Fsp3) is 0.538. The third kappa shape index (κ3) is 3.21. The summed E-state index contributed by atoms with van der Waals surface area (Å²) in [5.74, 6) is -0.697. The Bertz CT molecular complexity index is 458. The third-order valence-electron chi connectivity index (χ3n) is 3.33. The molecule has 1 heterocycles. The summed E-state index contributed by atoms with van der Waals surface area (Å²) in [6.07, 6.45) is -4.52. The summed E-state index contributed by atoms with van der Waals surface area (Å²) < 4.78 is 58.6. The number of ether oxygens (including phenoxy) is 1. The number of methoxy groups -OCH3 is 1. The van der Waals surface area contributed by atoms with Crippen LogP contribution in [0.25, 0.3) is 0 Å². The van der Waals surface area contributed by atoms with E-state index in [0.717, 1.165) is 12.1 Å². The molecule has 1 aromatic rings. The molecule has 0 saturated carbocycles. The van der Waals surface area contributed by atoms with Gasteiger partial charge in [0.05, 0.1) is 7.11 Å². The molecule has 0 aromatic heterocycles. The van der Waals surface area contributed by atoms with Gasteiger partial charge >= 0.3 is 6.18 Å². The topological polar surface area (TPSA) is 24.5 Å². The maximum atomic E-state index is 14.0. The predicted octanol–water partition coefficient (Wildman–Crippen LogP) is 2.34. The second kappa shape index (κ2) is 5.97. The fourth-order valence-corrected chi connectivity index (χ4v) is 2.38. The molecule has 0 aliphatic carbocycles. The van der Waals surface area contributed by atoms with Crippen LogP contribution in [-0.4, -0.2) is 44.4 Å². The lowest BCUT2D eigenvalue weighted by Gasteiger charge is -2.36. The molecular weight excluding hydrogens is 276 g/mol. The van der Waals surface area contributed by atoms with Crippen LogP contribution in [0.4, 0.5) is 17.6 Å². The highest BCUT2D eigenvalue weighted by molar-refractivity contribution is 5.31. The van der Waals surface area contributed by atoms with Gasteiger partial charge in [0.1, 0.15) is 17.6 Å². The van der Waals surface area contributed by atoms with Gasteiger partial charge in [-0.05, 0) is 6.07 Å². The Labute approximate surface area is 114 Å². The van der Waals surface area contributed by atoms with E-state index in [0.29, 0.717) is 13.1 Å². The minimum Gasteiger partial charge on any atom is -0.497 e. The molecule has 1 aliphatic heterocycles. The first-order chi connectivity index (χ1) is 9.43. The molecule has 1 saturated heterocycles. The molecule has 112 valence electrons. The molecule has 1 N–H and O–H groups in total. The number of rotatable bonds is 3. The largest absolute Gasteiger partial charge is 0.497 e. The van der Waals surface area contributed by atoms with E-state index in [1.165, 1.54) is 18.1 Å². The van der Waals surface area contributed by atoms with E-state index >= 15 is 0 Å². The van der Waals surface area contributed by atoms with E-state index in [4.69, 9.17) is 4.74 Å². The number of benzene rings is 1. The average molecular weight is 292 g/mol. The third-order valence-corrected chi connectivity index (χ3v) is 3.33. The van der Waals surface area contributed by atoms with Crippen molar-refractivity contribution < 1.29 is 22.3 Å². The van der Waals surface area contributed by atoms with Gasteiger partial charge in [0, 0.05) is 37.8 Å². The average Bonchev–Trinajstić information content (AvgIpc) is 2.40. The van der Waals surface area contributed by atoms with Gasteiger partial charge < -0.3 is 10.1 Å². The summed E-state index contributed by atoms with van der Waals surface area (Å²) >= 11 is 0. The van der Waals surface area contributed by atoms with Crippen molar-refractivity contribution in [3.63, 3.8) is 0 Å². The molecule has 0 bridgehead atoms. The second-order valence-electron chi connectivity index (χ2n) is 4.62. The van der Waals surface area contributed by atoms with Gasteiger partial charge in [0.15, 0.2) is 0 Å². The van der Waals surface area contributed by atoms with Crippen molar-refractivity contribution >= 4 is 0 Å². The van der Waals surface area contributed by atoms with Crippen LogP contribution < -0.4 is 10.1 Å². The Kier molecular flexibility index (Phi) is 4.49. The van der Waals surface area contributed by atoms with Crippen LogP contribution in [0.2, 0.25) is 0 Å². The lowest BCUT2D eigenvalue weighted by atomic mass is 10.0. The zero-order chi connectivity index (χ0) is 14.8. The van der Waals surface area contributed by atoms with Gasteiger partial charge in [-0.2, -0.15) is 13.2 Å². The minimum absolute atomic E-state index is 0.201. The van der Waals surface area contributed by atoms with E-state index in [9.17, 15) is 17.6 Å². The van der Waals surface area contributed by atoms with Crippen LogP contribution in [-0.2, 0) is 0 Å². The van der Waals surface area contributed by atoms with E-state index in [2.05, 4.69) is 5.32 Å². The van der Waals surface area contributed by atoms with Crippen molar-refractivity contribution in [1.29, 1.82) is 0 Å². The summed E-state index contributed by atoms with van der Waals surface area (Å²) in [5, 5.41) is 2.98. The number of halogens is 4. The first-order valence-corrected chi connectivity index (χ1v) is 6.28. The molecule has 0 radical (unpaired) electrons. The van der Waals surface area contributed by atoms with Crippen molar-refractivity contribution in [2.24, 2.45) is 0 Å². The number of piperazine rings is 1. The molecule has 20 heavy (non-hydrogen) atoms. The molecule has 0 unspecified atom stereocenters. The van der Waals surface area contributed by atoms with Crippen molar-refractivity contribution in [1.82, 2.24) is 10.2 Å². The van der Waals surface area contributed by atoms with Gasteiger partial charge in [0.25, 0.3) is 0 Å². The number of nitrogens with one attached hydrogen (secondary N) is 1. The molecule has 0 amide bonds. The van der Waals surface area contributed by atoms with Crippen molar-refractivity contribution in [2.45, 2.75) is 12.2 Å². The molecule has 1 aromatic carbocycles. The number of hydrogen-bond acceptors (Lipinski definition) is 3. The van der Waals surface area contributed by atoms with Crippen LogP contribution in [0.3, 0.4) is 0 Å². The van der Waals surface area contributed by atoms with E-state index in [-0.39, 0.29) is 24.4 Å². The minimum atomic E-state index is -4.52. The predicted molar refractivity (Wildman–Crippen MR) is 66.2 cm³/mol. The van der Waals surface area contributed by atoms with Crippen LogP contribution in [0, 0.1) is 5.82 Å². The lowest BCUT2D eigenvalue weighted by molar-refractivity contribution is -0.188. The van der Waals surface area contributed by atoms with Crippen LogP contribution in [0.5, 0.6) is 5.75 Å². The van der Waals surface area contributed by atoms with Gasteiger partial charge in [-0.1, -0.05) is 6.07 Å². The smallest absolute Gasteiger partial charge is 0.408 e. The quantitative estimate of drug-likeness (QED) is 0.866. The maximum Gasteiger partial charge on any atom is 0.408 e. The molecule has 7 heteroatoms. The number of alkyl halides is 3. The maximum absolute atomic E-state index is 14.0. The Balaban J connectivity index is 2.35. The van der Waals surface area contributed by atoms with Gasteiger partial charge in [-0.15, -0.1) is 0 Å². The monoisotopic (exact) mass is 292 g/mol. The summed E-state index contributed by atoms with van der Waals surface area (Å²) in [4.78, 5) is 1.25. The highest BCUT2D eigenvalue weighted by Crippen LogP contribution is 2.39. The van der Waals surface area contributed by atoms with Crippen molar-refractivity contribution in [3.05, 3.63) is 29.6 Å². The zero-order valence-electron chi connectivity index (χ0n) is 11.0. The number of nitrogens with zero attached hydrogens (tertiary/aromatic N) is 1. The molecule has 1 fully saturated rings. The van der Waals surface area contributed by atoms with Crippen LogP contribution >= 0.6 is 0 Å². The normalized spacial score (nSPS) is 18.9. The van der Waals surface area contributed by atoms with E-state index in [1.54, 1.807) is 0 Å². The summed E-state index contributed by atoms with van der Waals surface area (Å²) in [6.45, 7) is 1.39. The molecule has 2 rings (SSSR count). The molecule has 3 nitrogen and oxygen atoms in total. The molecule has 0 spiro atoms. The Morgan fingerprint density at radius 2 is 1.90 bits per heavy atom. The standard InChI is InChI=1S/C13H16F4N2O/c1-20-9-2-3-10(11(14)8-9)12(13(15,16)17)19-6-4-18-5-7-19/h2-3,8,12,18H,4-7H2,1H3/t12-/m0/s1. The SMILES string of the molecule is COc1ccc([C@H](N2CCNCC2)C(F)(F)F)c(F)c1. The van der Waals surface area contributed by atoms with E-state index in [1.807, 2.05) is 0 Å². The van der Waals surface area contributed by atoms with Gasteiger partial charge in [-0.3, -0.25) is 4.90 Å². The van der Waals surface area contributed by atoms with Crippen molar-refractivity contribution in [3.8, 4) is 5.75 Å². The second-order valence-corrected chi connectivity index (χ2v) is 4.62. The highest BCUT2D eigenvalue weighted by atomic mass is 19.4.